The highest BCUT2D eigenvalue weighted by Gasteiger charge is 2.73. The number of hydrogen-bond acceptors (Lipinski definition) is 1. The lowest BCUT2D eigenvalue weighted by Crippen LogP contribution is -2.42. The van der Waals surface area contributed by atoms with Crippen molar-refractivity contribution in [2.75, 3.05) is 6.54 Å². The van der Waals surface area contributed by atoms with Gasteiger partial charge in [0.25, 0.3) is 11.8 Å². The Balaban J connectivity index is 2.18. The van der Waals surface area contributed by atoms with Gasteiger partial charge in [-0.25, -0.2) is 8.78 Å². The number of fused-ring (bicyclic) bond motifs is 2. The Morgan fingerprint density at radius 3 is 2.37 bits per heavy atom. The van der Waals surface area contributed by atoms with Gasteiger partial charge in [-0.1, -0.05) is 0 Å². The maximum Gasteiger partial charge on any atom is 0.416 e. The molecule has 1 fully saturated rings. The van der Waals surface area contributed by atoms with Gasteiger partial charge in [-0.05, 0) is 23.8 Å². The van der Waals surface area contributed by atoms with Gasteiger partial charge in [0, 0.05) is 18.5 Å². The van der Waals surface area contributed by atoms with Gasteiger partial charge in [0.1, 0.15) is 0 Å². The van der Waals surface area contributed by atoms with E-state index in [9.17, 15) is 26.7 Å². The molecule has 1 N–H and O–H groups in total. The zero-order valence-corrected chi connectivity index (χ0v) is 9.44. The number of hydrogen-bond donors (Lipinski definition) is 1. The molecule has 1 spiro atoms. The maximum atomic E-state index is 13.5. The van der Waals surface area contributed by atoms with Crippen LogP contribution in [0.15, 0.2) is 18.2 Å². The summed E-state index contributed by atoms with van der Waals surface area (Å²) in [6, 6.07) is 2.37. The van der Waals surface area contributed by atoms with Crippen LogP contribution < -0.4 is 5.32 Å². The molecule has 1 atom stereocenters. The first kappa shape index (κ1) is 12.4. The Morgan fingerprint density at radius 1 is 1.21 bits per heavy atom. The molecule has 2 aliphatic rings. The zero-order chi connectivity index (χ0) is 14.1. The van der Waals surface area contributed by atoms with Gasteiger partial charge in [-0.2, -0.15) is 13.2 Å². The standard InChI is InChI=1S/C12H8F5NO/c13-11(14)4-10(11)5-18-9(19)7-2-1-6(3-8(7)10)12(15,16)17/h1-3H,4-5H2,(H,18,19). The second kappa shape index (κ2) is 3.26. The van der Waals surface area contributed by atoms with E-state index in [1.54, 1.807) is 0 Å². The molecule has 102 valence electrons. The SMILES string of the molecule is O=C1NCC2(CC2(F)F)c2cc(C(F)(F)F)ccc21. The van der Waals surface area contributed by atoms with Crippen LogP contribution in [0.25, 0.3) is 0 Å². The van der Waals surface area contributed by atoms with Crippen molar-refractivity contribution in [1.29, 1.82) is 0 Å². The highest BCUT2D eigenvalue weighted by atomic mass is 19.4. The smallest absolute Gasteiger partial charge is 0.351 e. The quantitative estimate of drug-likeness (QED) is 0.726. The normalized spacial score (nSPS) is 27.9. The summed E-state index contributed by atoms with van der Waals surface area (Å²) in [4.78, 5) is 11.5. The molecule has 1 aliphatic carbocycles. The summed E-state index contributed by atoms with van der Waals surface area (Å²) >= 11 is 0. The van der Waals surface area contributed by atoms with Gasteiger partial charge >= 0.3 is 6.18 Å². The number of carbonyl (C=O) groups is 1. The van der Waals surface area contributed by atoms with E-state index in [-0.39, 0.29) is 17.7 Å². The molecule has 0 bridgehead atoms. The van der Waals surface area contributed by atoms with Gasteiger partial charge < -0.3 is 5.32 Å². The van der Waals surface area contributed by atoms with Crippen LogP contribution in [-0.2, 0) is 11.6 Å². The third-order valence-corrected chi connectivity index (χ3v) is 3.76. The van der Waals surface area contributed by atoms with Gasteiger partial charge in [0.2, 0.25) is 0 Å². The number of nitrogens with one attached hydrogen (secondary N) is 1. The molecule has 1 unspecified atom stereocenters. The number of rotatable bonds is 0. The third-order valence-electron chi connectivity index (χ3n) is 3.76. The van der Waals surface area contributed by atoms with Crippen LogP contribution in [0, 0.1) is 0 Å². The predicted molar refractivity (Wildman–Crippen MR) is 55.0 cm³/mol. The summed E-state index contributed by atoms with van der Waals surface area (Å²) < 4.78 is 64.8. The first-order valence-electron chi connectivity index (χ1n) is 5.55. The first-order chi connectivity index (χ1) is 8.67. The number of carbonyl (C=O) groups excluding carboxylic acids is 1. The highest BCUT2D eigenvalue weighted by Crippen LogP contribution is 2.63. The topological polar surface area (TPSA) is 29.1 Å². The molecular formula is C12H8F5NO. The van der Waals surface area contributed by atoms with Crippen LogP contribution in [0.1, 0.15) is 27.9 Å². The predicted octanol–water partition coefficient (Wildman–Crippen LogP) is 2.73. The second-order valence-electron chi connectivity index (χ2n) is 4.90. The fraction of sp³-hybridized carbons (Fsp3) is 0.417. The summed E-state index contributed by atoms with van der Waals surface area (Å²) in [6.45, 7) is -0.326. The van der Waals surface area contributed by atoms with E-state index in [1.165, 1.54) is 0 Å². The van der Waals surface area contributed by atoms with Crippen LogP contribution in [0.2, 0.25) is 0 Å². The maximum absolute atomic E-state index is 13.5. The van der Waals surface area contributed by atoms with Crippen molar-refractivity contribution >= 4 is 5.91 Å². The molecule has 0 radical (unpaired) electrons. The summed E-state index contributed by atoms with van der Waals surface area (Å²) in [5, 5.41) is 2.30. The zero-order valence-electron chi connectivity index (χ0n) is 9.44. The average molecular weight is 277 g/mol. The van der Waals surface area contributed by atoms with Crippen molar-refractivity contribution in [3.05, 3.63) is 34.9 Å². The minimum absolute atomic E-state index is 0.101. The van der Waals surface area contributed by atoms with Gasteiger partial charge in [-0.3, -0.25) is 4.79 Å². The summed E-state index contributed by atoms with van der Waals surface area (Å²) in [5.41, 5.74) is -2.98. The fourth-order valence-electron chi connectivity index (χ4n) is 2.56. The number of alkyl halides is 5. The van der Waals surface area contributed by atoms with E-state index in [1.807, 2.05) is 0 Å². The molecule has 1 aromatic carbocycles. The lowest BCUT2D eigenvalue weighted by Gasteiger charge is -2.26. The molecule has 1 heterocycles. The van der Waals surface area contributed by atoms with Crippen LogP contribution >= 0.6 is 0 Å². The minimum Gasteiger partial charge on any atom is -0.351 e. The Kier molecular flexibility index (Phi) is 2.12. The van der Waals surface area contributed by atoms with E-state index in [4.69, 9.17) is 0 Å². The first-order valence-corrected chi connectivity index (χ1v) is 5.55. The molecule has 1 aromatic rings. The van der Waals surface area contributed by atoms with Crippen molar-refractivity contribution in [2.24, 2.45) is 0 Å². The molecule has 2 nitrogen and oxygen atoms in total. The van der Waals surface area contributed by atoms with Crippen molar-refractivity contribution in [2.45, 2.75) is 23.9 Å². The van der Waals surface area contributed by atoms with E-state index in [0.717, 1.165) is 12.1 Å². The Hall–Kier alpha value is -1.66. The summed E-state index contributed by atoms with van der Waals surface area (Å²) in [6.07, 6.45) is -5.15. The molecule has 1 saturated carbocycles. The largest absolute Gasteiger partial charge is 0.416 e. The monoisotopic (exact) mass is 277 g/mol. The second-order valence-corrected chi connectivity index (χ2v) is 4.90. The Bertz CT molecular complexity index is 580. The Labute approximate surface area is 104 Å². The summed E-state index contributed by atoms with van der Waals surface area (Å²) in [5.74, 6) is -3.68. The van der Waals surface area contributed by atoms with E-state index >= 15 is 0 Å². The van der Waals surface area contributed by atoms with Gasteiger partial charge in [0.15, 0.2) is 0 Å². The number of halogens is 5. The number of benzene rings is 1. The highest BCUT2D eigenvalue weighted by molar-refractivity contribution is 5.98. The van der Waals surface area contributed by atoms with Crippen LogP contribution in [0.3, 0.4) is 0 Å². The molecular weight excluding hydrogens is 269 g/mol. The van der Waals surface area contributed by atoms with E-state index in [2.05, 4.69) is 5.32 Å². The average Bonchev–Trinajstić information content (AvgIpc) is 2.86. The number of amides is 1. The Morgan fingerprint density at radius 2 is 1.84 bits per heavy atom. The van der Waals surface area contributed by atoms with Crippen molar-refractivity contribution in [3.8, 4) is 0 Å². The van der Waals surface area contributed by atoms with Gasteiger partial charge in [0.05, 0.1) is 11.0 Å². The van der Waals surface area contributed by atoms with Gasteiger partial charge in [-0.15, -0.1) is 0 Å². The van der Waals surface area contributed by atoms with Crippen LogP contribution in [-0.4, -0.2) is 18.4 Å². The molecule has 19 heavy (non-hydrogen) atoms. The van der Waals surface area contributed by atoms with Crippen molar-refractivity contribution in [1.82, 2.24) is 5.32 Å². The minimum atomic E-state index is -4.62. The summed E-state index contributed by atoms with van der Waals surface area (Å²) in [7, 11) is 0. The molecule has 1 aliphatic heterocycles. The molecule has 1 amide bonds. The lowest BCUT2D eigenvalue weighted by atomic mass is 9.85. The van der Waals surface area contributed by atoms with E-state index in [0.29, 0.717) is 6.07 Å². The molecule has 0 saturated heterocycles. The van der Waals surface area contributed by atoms with Crippen LogP contribution in [0.5, 0.6) is 0 Å². The van der Waals surface area contributed by atoms with Crippen molar-refractivity contribution < 1.29 is 26.7 Å². The fourth-order valence-corrected chi connectivity index (χ4v) is 2.56. The lowest BCUT2D eigenvalue weighted by molar-refractivity contribution is -0.137. The van der Waals surface area contributed by atoms with Crippen molar-refractivity contribution in [3.63, 3.8) is 0 Å². The van der Waals surface area contributed by atoms with Crippen LogP contribution in [0.4, 0.5) is 22.0 Å². The molecule has 7 heteroatoms. The van der Waals surface area contributed by atoms with E-state index < -0.39 is 35.4 Å². The molecule has 0 aromatic heterocycles. The molecule has 3 rings (SSSR count). The third kappa shape index (κ3) is 1.56.